The summed E-state index contributed by atoms with van der Waals surface area (Å²) >= 11 is 0. The number of carbonyl (C=O) groups excluding carboxylic acids is 1. The fraction of sp³-hybridized carbons (Fsp3) is 0.571. The van der Waals surface area contributed by atoms with Gasteiger partial charge in [-0.3, -0.25) is 4.79 Å². The second-order valence-electron chi connectivity index (χ2n) is 5.54. The van der Waals surface area contributed by atoms with Gasteiger partial charge >= 0.3 is 5.97 Å². The highest BCUT2D eigenvalue weighted by Crippen LogP contribution is 2.25. The molecule has 5 nitrogen and oxygen atoms in total. The lowest BCUT2D eigenvalue weighted by Crippen LogP contribution is -2.28. The number of hydrogen-bond acceptors (Lipinski definition) is 3. The molecule has 1 aromatic heterocycles. The zero-order valence-electron chi connectivity index (χ0n) is 11.3. The highest BCUT2D eigenvalue weighted by molar-refractivity contribution is 5.95. The third kappa shape index (κ3) is 3.16. The monoisotopic (exact) mass is 265 g/mol. The molecule has 0 radical (unpaired) electrons. The Bertz CT molecular complexity index is 478. The van der Waals surface area contributed by atoms with Crippen molar-refractivity contribution in [1.29, 1.82) is 0 Å². The summed E-state index contributed by atoms with van der Waals surface area (Å²) in [6, 6.07) is 1.29. The van der Waals surface area contributed by atoms with Crippen molar-refractivity contribution in [1.82, 2.24) is 4.90 Å². The molecule has 1 aromatic rings. The molecule has 1 saturated heterocycles. The molecular formula is C14H19NO4. The van der Waals surface area contributed by atoms with Gasteiger partial charge < -0.3 is 14.4 Å². The first-order valence-corrected chi connectivity index (χ1v) is 6.58. The Balaban J connectivity index is 1.98. The average Bonchev–Trinajstić information content (AvgIpc) is 2.95. The summed E-state index contributed by atoms with van der Waals surface area (Å²) in [5.41, 5.74) is 0.0151. The summed E-state index contributed by atoms with van der Waals surface area (Å²) in [5, 5.41) is 8.80. The molecule has 1 amide bonds. The van der Waals surface area contributed by atoms with Crippen LogP contribution in [0, 0.1) is 11.8 Å². The molecule has 5 heteroatoms. The van der Waals surface area contributed by atoms with Gasteiger partial charge in [-0.05, 0) is 24.7 Å². The number of amides is 1. The van der Waals surface area contributed by atoms with Crippen molar-refractivity contribution in [2.24, 2.45) is 11.8 Å². The Kier molecular flexibility index (Phi) is 3.93. The predicted molar refractivity (Wildman–Crippen MR) is 69.1 cm³/mol. The zero-order valence-corrected chi connectivity index (χ0v) is 11.3. The summed E-state index contributed by atoms with van der Waals surface area (Å²) in [6.07, 6.45) is 3.23. The van der Waals surface area contributed by atoms with Gasteiger partial charge in [0, 0.05) is 19.2 Å². The van der Waals surface area contributed by atoms with Crippen molar-refractivity contribution in [2.75, 3.05) is 13.1 Å². The number of furan rings is 1. The van der Waals surface area contributed by atoms with Crippen LogP contribution in [0.3, 0.4) is 0 Å². The molecule has 1 aliphatic rings. The Morgan fingerprint density at radius 2 is 2.26 bits per heavy atom. The number of carbonyl (C=O) groups is 2. The van der Waals surface area contributed by atoms with Gasteiger partial charge in [-0.15, -0.1) is 0 Å². The van der Waals surface area contributed by atoms with Crippen LogP contribution >= 0.6 is 0 Å². The number of nitrogens with zero attached hydrogens (tertiary/aromatic N) is 1. The zero-order chi connectivity index (χ0) is 14.0. The minimum atomic E-state index is -1.08. The summed E-state index contributed by atoms with van der Waals surface area (Å²) in [7, 11) is 0. The van der Waals surface area contributed by atoms with E-state index in [9.17, 15) is 9.59 Å². The van der Waals surface area contributed by atoms with Crippen LogP contribution in [0.5, 0.6) is 0 Å². The number of rotatable bonds is 4. The van der Waals surface area contributed by atoms with E-state index >= 15 is 0 Å². The third-order valence-corrected chi connectivity index (χ3v) is 3.43. The van der Waals surface area contributed by atoms with Crippen molar-refractivity contribution in [2.45, 2.75) is 26.7 Å². The van der Waals surface area contributed by atoms with E-state index in [0.29, 0.717) is 11.8 Å². The second-order valence-corrected chi connectivity index (χ2v) is 5.54. The molecule has 2 rings (SSSR count). The first-order chi connectivity index (χ1) is 8.97. The molecule has 0 bridgehead atoms. The molecule has 0 aromatic carbocycles. The molecule has 1 unspecified atom stereocenters. The molecule has 1 N–H and O–H groups in total. The SMILES string of the molecule is CC(C)CC1CCN(C(=O)c2cc(C(=O)O)co2)C1. The Morgan fingerprint density at radius 3 is 2.84 bits per heavy atom. The van der Waals surface area contributed by atoms with Crippen LogP contribution < -0.4 is 0 Å². The summed E-state index contributed by atoms with van der Waals surface area (Å²) in [6.45, 7) is 5.81. The van der Waals surface area contributed by atoms with E-state index < -0.39 is 5.97 Å². The lowest BCUT2D eigenvalue weighted by atomic mass is 9.97. The lowest BCUT2D eigenvalue weighted by molar-refractivity contribution is 0.0695. The minimum Gasteiger partial charge on any atom is -0.478 e. The van der Waals surface area contributed by atoms with Crippen molar-refractivity contribution in [3.05, 3.63) is 23.7 Å². The van der Waals surface area contributed by atoms with E-state index in [4.69, 9.17) is 9.52 Å². The molecular weight excluding hydrogens is 246 g/mol. The largest absolute Gasteiger partial charge is 0.478 e. The van der Waals surface area contributed by atoms with Gasteiger partial charge in [0.1, 0.15) is 6.26 Å². The normalized spacial score (nSPS) is 19.1. The molecule has 19 heavy (non-hydrogen) atoms. The van der Waals surface area contributed by atoms with Crippen LogP contribution in [0.25, 0.3) is 0 Å². The maximum Gasteiger partial charge on any atom is 0.338 e. The molecule has 1 atom stereocenters. The average molecular weight is 265 g/mol. The standard InChI is InChI=1S/C14H19NO4/c1-9(2)5-10-3-4-15(7-10)13(16)12-6-11(8-19-12)14(17)18/h6,8-10H,3-5,7H2,1-2H3,(H,17,18). The van der Waals surface area contributed by atoms with E-state index in [-0.39, 0.29) is 17.2 Å². The predicted octanol–water partition coefficient (Wildman–Crippen LogP) is 2.49. The quantitative estimate of drug-likeness (QED) is 0.907. The molecule has 1 fully saturated rings. The smallest absolute Gasteiger partial charge is 0.338 e. The maximum atomic E-state index is 12.2. The molecule has 0 aliphatic carbocycles. The van der Waals surface area contributed by atoms with Crippen LogP contribution in [0.2, 0.25) is 0 Å². The van der Waals surface area contributed by atoms with E-state index in [1.54, 1.807) is 4.90 Å². The topological polar surface area (TPSA) is 70.8 Å². The van der Waals surface area contributed by atoms with Gasteiger partial charge in [0.15, 0.2) is 5.76 Å². The lowest BCUT2D eigenvalue weighted by Gasteiger charge is -2.15. The van der Waals surface area contributed by atoms with E-state index in [0.717, 1.165) is 32.2 Å². The Morgan fingerprint density at radius 1 is 1.53 bits per heavy atom. The van der Waals surface area contributed by atoms with Crippen LogP contribution in [-0.2, 0) is 0 Å². The molecule has 0 saturated carbocycles. The van der Waals surface area contributed by atoms with Gasteiger partial charge in [0.25, 0.3) is 5.91 Å². The summed E-state index contributed by atoms with van der Waals surface area (Å²) in [4.78, 5) is 24.6. The van der Waals surface area contributed by atoms with E-state index in [1.807, 2.05) is 0 Å². The third-order valence-electron chi connectivity index (χ3n) is 3.43. The minimum absolute atomic E-state index is 0.0151. The van der Waals surface area contributed by atoms with Gasteiger partial charge in [0.2, 0.25) is 0 Å². The van der Waals surface area contributed by atoms with Crippen LogP contribution in [0.1, 0.15) is 47.6 Å². The number of hydrogen-bond donors (Lipinski definition) is 1. The fourth-order valence-corrected chi connectivity index (χ4v) is 2.59. The highest BCUT2D eigenvalue weighted by atomic mass is 16.4. The van der Waals surface area contributed by atoms with Gasteiger partial charge in [-0.25, -0.2) is 4.79 Å². The van der Waals surface area contributed by atoms with Gasteiger partial charge in [0.05, 0.1) is 5.56 Å². The molecule has 2 heterocycles. The second kappa shape index (κ2) is 5.47. The molecule has 0 spiro atoms. The van der Waals surface area contributed by atoms with Gasteiger partial charge in [-0.2, -0.15) is 0 Å². The van der Waals surface area contributed by atoms with Gasteiger partial charge in [-0.1, -0.05) is 13.8 Å². The summed E-state index contributed by atoms with van der Waals surface area (Å²) in [5.74, 6) is -0.0107. The molecule has 1 aliphatic heterocycles. The number of likely N-dealkylation sites (tertiary alicyclic amines) is 1. The van der Waals surface area contributed by atoms with Crippen molar-refractivity contribution in [3.8, 4) is 0 Å². The van der Waals surface area contributed by atoms with Crippen LogP contribution in [0.4, 0.5) is 0 Å². The van der Waals surface area contributed by atoms with Crippen molar-refractivity contribution >= 4 is 11.9 Å². The molecule has 104 valence electrons. The van der Waals surface area contributed by atoms with E-state index in [1.165, 1.54) is 6.07 Å². The van der Waals surface area contributed by atoms with Crippen LogP contribution in [-0.4, -0.2) is 35.0 Å². The summed E-state index contributed by atoms with van der Waals surface area (Å²) < 4.78 is 5.04. The van der Waals surface area contributed by atoms with Crippen molar-refractivity contribution in [3.63, 3.8) is 0 Å². The van der Waals surface area contributed by atoms with E-state index in [2.05, 4.69) is 13.8 Å². The van der Waals surface area contributed by atoms with Crippen LogP contribution in [0.15, 0.2) is 16.7 Å². The Labute approximate surface area is 112 Å². The number of aromatic carboxylic acids is 1. The maximum absolute atomic E-state index is 12.2. The first-order valence-electron chi connectivity index (χ1n) is 6.58. The Hall–Kier alpha value is -1.78. The number of carboxylic acid groups (broad SMARTS) is 1. The van der Waals surface area contributed by atoms with Crippen molar-refractivity contribution < 1.29 is 19.1 Å². The first kappa shape index (κ1) is 13.6. The number of carboxylic acids is 1. The fourth-order valence-electron chi connectivity index (χ4n) is 2.59. The highest BCUT2D eigenvalue weighted by Gasteiger charge is 2.29.